The van der Waals surface area contributed by atoms with E-state index in [2.05, 4.69) is 15.4 Å². The van der Waals surface area contributed by atoms with Crippen LogP contribution in [0.1, 0.15) is 18.7 Å². The molecule has 0 N–H and O–H groups in total. The average molecular weight is 231 g/mol. The summed E-state index contributed by atoms with van der Waals surface area (Å²) in [5.74, 6) is 1.41. The fraction of sp³-hybridized carbons (Fsp3) is 0.889. The second-order valence-electron chi connectivity index (χ2n) is 4.12. The average Bonchev–Trinajstić information content (AvgIpc) is 2.65. The molecule has 0 saturated carbocycles. The minimum Gasteiger partial charge on any atom is -0.381 e. The number of hydrogen-bond acceptors (Lipinski definition) is 4. The monoisotopic (exact) mass is 230 g/mol. The number of halogens is 1. The third-order valence-corrected chi connectivity index (χ3v) is 3.49. The number of rotatable bonds is 3. The zero-order valence-corrected chi connectivity index (χ0v) is 9.57. The van der Waals surface area contributed by atoms with Crippen molar-refractivity contribution >= 4 is 11.6 Å². The van der Waals surface area contributed by atoms with Crippen LogP contribution in [0.2, 0.25) is 0 Å². The molecule has 2 rings (SSSR count). The number of tetrazole rings is 1. The summed E-state index contributed by atoms with van der Waals surface area (Å²) >= 11 is 6.06. The molecule has 0 atom stereocenters. The SMILES string of the molecule is Cn1nnc(CC2(CCl)CCOCC2)n1. The van der Waals surface area contributed by atoms with Gasteiger partial charge in [0.15, 0.2) is 5.82 Å². The van der Waals surface area contributed by atoms with Crippen LogP contribution < -0.4 is 0 Å². The highest BCUT2D eigenvalue weighted by Crippen LogP contribution is 2.34. The van der Waals surface area contributed by atoms with Crippen molar-refractivity contribution in [3.05, 3.63) is 5.82 Å². The molecule has 0 bridgehead atoms. The molecule has 1 aromatic heterocycles. The lowest BCUT2D eigenvalue weighted by atomic mass is 9.79. The molecule has 5 nitrogen and oxygen atoms in total. The van der Waals surface area contributed by atoms with E-state index in [0.29, 0.717) is 5.88 Å². The van der Waals surface area contributed by atoms with Gasteiger partial charge in [-0.3, -0.25) is 0 Å². The van der Waals surface area contributed by atoms with Crippen molar-refractivity contribution in [1.82, 2.24) is 20.2 Å². The molecule has 1 aliphatic heterocycles. The quantitative estimate of drug-likeness (QED) is 0.721. The summed E-state index contributed by atoms with van der Waals surface area (Å²) in [5.41, 5.74) is 0.100. The van der Waals surface area contributed by atoms with Gasteiger partial charge >= 0.3 is 0 Å². The maximum absolute atomic E-state index is 6.06. The lowest BCUT2D eigenvalue weighted by Gasteiger charge is -2.34. The first-order valence-corrected chi connectivity index (χ1v) is 5.64. The summed E-state index contributed by atoms with van der Waals surface area (Å²) in [5, 5.41) is 12.0. The molecule has 0 aromatic carbocycles. The molecule has 1 aliphatic rings. The minimum absolute atomic E-state index is 0.100. The Kier molecular flexibility index (Phi) is 3.21. The summed E-state index contributed by atoms with van der Waals surface area (Å²) in [6, 6.07) is 0. The van der Waals surface area contributed by atoms with Crippen molar-refractivity contribution in [3.8, 4) is 0 Å². The second kappa shape index (κ2) is 4.45. The Balaban J connectivity index is 2.06. The van der Waals surface area contributed by atoms with Crippen molar-refractivity contribution in [1.29, 1.82) is 0 Å². The maximum atomic E-state index is 6.06. The van der Waals surface area contributed by atoms with E-state index in [-0.39, 0.29) is 5.41 Å². The molecule has 1 fully saturated rings. The zero-order valence-electron chi connectivity index (χ0n) is 8.82. The van der Waals surface area contributed by atoms with Crippen LogP contribution >= 0.6 is 11.6 Å². The van der Waals surface area contributed by atoms with E-state index >= 15 is 0 Å². The maximum Gasteiger partial charge on any atom is 0.175 e. The van der Waals surface area contributed by atoms with E-state index in [9.17, 15) is 0 Å². The Labute approximate surface area is 93.7 Å². The van der Waals surface area contributed by atoms with Crippen LogP contribution in [-0.2, 0) is 18.2 Å². The highest BCUT2D eigenvalue weighted by atomic mass is 35.5. The first kappa shape index (κ1) is 10.8. The number of nitrogens with zero attached hydrogens (tertiary/aromatic N) is 4. The Bertz CT molecular complexity index is 322. The van der Waals surface area contributed by atoms with Crippen molar-refractivity contribution in [2.75, 3.05) is 19.1 Å². The third-order valence-electron chi connectivity index (χ3n) is 2.92. The second-order valence-corrected chi connectivity index (χ2v) is 4.39. The minimum atomic E-state index is 0.100. The number of ether oxygens (including phenoxy) is 1. The Morgan fingerprint density at radius 1 is 1.47 bits per heavy atom. The van der Waals surface area contributed by atoms with Crippen LogP contribution in [0.5, 0.6) is 0 Å². The molecule has 2 heterocycles. The van der Waals surface area contributed by atoms with Crippen molar-refractivity contribution < 1.29 is 4.74 Å². The van der Waals surface area contributed by atoms with Crippen LogP contribution in [0.15, 0.2) is 0 Å². The van der Waals surface area contributed by atoms with Crippen molar-refractivity contribution in [2.24, 2.45) is 12.5 Å². The summed E-state index contributed by atoms with van der Waals surface area (Å²) < 4.78 is 5.35. The fourth-order valence-corrected chi connectivity index (χ4v) is 2.25. The van der Waals surface area contributed by atoms with E-state index in [1.54, 1.807) is 7.05 Å². The normalized spacial score (nSPS) is 20.4. The summed E-state index contributed by atoms with van der Waals surface area (Å²) in [4.78, 5) is 1.48. The fourth-order valence-electron chi connectivity index (χ4n) is 1.89. The Hall–Kier alpha value is -0.680. The molecular weight excluding hydrogens is 216 g/mol. The molecule has 1 saturated heterocycles. The van der Waals surface area contributed by atoms with E-state index in [0.717, 1.165) is 38.3 Å². The van der Waals surface area contributed by atoms with Gasteiger partial charge in [0.25, 0.3) is 0 Å². The van der Waals surface area contributed by atoms with Gasteiger partial charge in [0.05, 0.1) is 7.05 Å². The van der Waals surface area contributed by atoms with Gasteiger partial charge in [0.1, 0.15) is 0 Å². The molecule has 0 radical (unpaired) electrons. The number of alkyl halides is 1. The van der Waals surface area contributed by atoms with E-state index in [1.165, 1.54) is 4.80 Å². The zero-order chi connectivity index (χ0) is 10.7. The lowest BCUT2D eigenvalue weighted by Crippen LogP contribution is -2.33. The first-order valence-electron chi connectivity index (χ1n) is 5.11. The molecule has 0 amide bonds. The van der Waals surface area contributed by atoms with Crippen molar-refractivity contribution in [2.45, 2.75) is 19.3 Å². The van der Waals surface area contributed by atoms with Gasteiger partial charge in [0, 0.05) is 25.5 Å². The standard InChI is InChI=1S/C9H15ClN4O/c1-14-12-8(11-13-14)6-9(7-10)2-4-15-5-3-9/h2-7H2,1H3. The molecule has 0 spiro atoms. The van der Waals surface area contributed by atoms with Gasteiger partial charge in [-0.05, 0) is 23.5 Å². The van der Waals surface area contributed by atoms with Gasteiger partial charge in [0.2, 0.25) is 0 Å². The summed E-state index contributed by atoms with van der Waals surface area (Å²) in [6.45, 7) is 1.57. The highest BCUT2D eigenvalue weighted by Gasteiger charge is 2.33. The van der Waals surface area contributed by atoms with Gasteiger partial charge < -0.3 is 4.74 Å². The number of aryl methyl sites for hydroxylation is 1. The lowest BCUT2D eigenvalue weighted by molar-refractivity contribution is 0.0248. The molecule has 84 valence electrons. The first-order chi connectivity index (χ1) is 7.24. The Morgan fingerprint density at radius 2 is 2.20 bits per heavy atom. The van der Waals surface area contributed by atoms with Gasteiger partial charge in [-0.2, -0.15) is 4.80 Å². The summed E-state index contributed by atoms with van der Waals surface area (Å²) in [6.07, 6.45) is 2.76. The van der Waals surface area contributed by atoms with Crippen LogP contribution in [0.4, 0.5) is 0 Å². The smallest absolute Gasteiger partial charge is 0.175 e. The molecule has 0 aliphatic carbocycles. The van der Waals surface area contributed by atoms with Crippen LogP contribution in [0.25, 0.3) is 0 Å². The molecular formula is C9H15ClN4O. The van der Waals surface area contributed by atoms with Gasteiger partial charge in [-0.1, -0.05) is 0 Å². The highest BCUT2D eigenvalue weighted by molar-refractivity contribution is 6.18. The van der Waals surface area contributed by atoms with Gasteiger partial charge in [-0.15, -0.1) is 21.8 Å². The van der Waals surface area contributed by atoms with E-state index < -0.39 is 0 Å². The van der Waals surface area contributed by atoms with Crippen LogP contribution in [0, 0.1) is 5.41 Å². The third kappa shape index (κ3) is 2.46. The summed E-state index contributed by atoms with van der Waals surface area (Å²) in [7, 11) is 1.77. The van der Waals surface area contributed by atoms with Gasteiger partial charge in [-0.25, -0.2) is 0 Å². The molecule has 0 unspecified atom stereocenters. The number of hydrogen-bond donors (Lipinski definition) is 0. The van der Waals surface area contributed by atoms with Crippen LogP contribution in [0.3, 0.4) is 0 Å². The van der Waals surface area contributed by atoms with E-state index in [4.69, 9.17) is 16.3 Å². The number of aromatic nitrogens is 4. The largest absolute Gasteiger partial charge is 0.381 e. The molecule has 1 aromatic rings. The van der Waals surface area contributed by atoms with Crippen LogP contribution in [-0.4, -0.2) is 39.3 Å². The topological polar surface area (TPSA) is 52.8 Å². The van der Waals surface area contributed by atoms with Crippen molar-refractivity contribution in [3.63, 3.8) is 0 Å². The molecule has 15 heavy (non-hydrogen) atoms. The predicted molar refractivity (Wildman–Crippen MR) is 55.7 cm³/mol. The molecule has 6 heteroatoms. The van der Waals surface area contributed by atoms with E-state index in [1.807, 2.05) is 0 Å². The Morgan fingerprint density at radius 3 is 2.73 bits per heavy atom. The predicted octanol–water partition coefficient (Wildman–Crippen LogP) is 0.788.